The second-order valence-corrected chi connectivity index (χ2v) is 7.23. The van der Waals surface area contributed by atoms with Crippen LogP contribution in [0.2, 0.25) is 0 Å². The van der Waals surface area contributed by atoms with Gasteiger partial charge in [-0.15, -0.1) is 0 Å². The summed E-state index contributed by atoms with van der Waals surface area (Å²) >= 11 is 0. The van der Waals surface area contributed by atoms with Crippen molar-refractivity contribution in [1.29, 1.82) is 0 Å². The van der Waals surface area contributed by atoms with Gasteiger partial charge in [0.25, 0.3) is 0 Å². The molecule has 1 amide bonds. The van der Waals surface area contributed by atoms with Gasteiger partial charge in [0.05, 0.1) is 0 Å². The van der Waals surface area contributed by atoms with Crippen molar-refractivity contribution in [3.8, 4) is 0 Å². The number of nitrogens with one attached hydrogen (secondary N) is 1. The number of hydrogen-bond acceptors (Lipinski definition) is 3. The topological polar surface area (TPSA) is 52.6 Å². The van der Waals surface area contributed by atoms with Crippen molar-refractivity contribution in [1.82, 2.24) is 10.2 Å². The van der Waals surface area contributed by atoms with E-state index < -0.39 is 0 Å². The number of rotatable bonds is 7. The third-order valence-electron chi connectivity index (χ3n) is 5.38. The van der Waals surface area contributed by atoms with Crippen LogP contribution in [0.15, 0.2) is 0 Å². The van der Waals surface area contributed by atoms with Crippen LogP contribution in [0.1, 0.15) is 64.7 Å². The fraction of sp³-hybridized carbons (Fsp3) is 0.944. The number of aliphatic hydroxyl groups excluding tert-OH is 1. The molecule has 1 saturated carbocycles. The second-order valence-electron chi connectivity index (χ2n) is 7.23. The molecule has 0 spiro atoms. The van der Waals surface area contributed by atoms with E-state index in [1.165, 1.54) is 32.1 Å². The summed E-state index contributed by atoms with van der Waals surface area (Å²) in [4.78, 5) is 14.1. The molecule has 2 fully saturated rings. The van der Waals surface area contributed by atoms with Crippen molar-refractivity contribution in [2.24, 2.45) is 11.8 Å². The van der Waals surface area contributed by atoms with E-state index in [2.05, 4.69) is 5.32 Å². The van der Waals surface area contributed by atoms with Crippen molar-refractivity contribution < 1.29 is 9.90 Å². The smallest absolute Gasteiger partial charge is 0.222 e. The fourth-order valence-electron chi connectivity index (χ4n) is 4.09. The zero-order valence-electron chi connectivity index (χ0n) is 14.2. The molecule has 2 atom stereocenters. The van der Waals surface area contributed by atoms with Gasteiger partial charge in [0, 0.05) is 32.2 Å². The molecule has 1 aliphatic carbocycles. The standard InChI is InChI=1S/C18H34N2O2/c1-2-18(22)20-13-16(9-6-10-21)11-17(14-20)19-12-15-7-4-3-5-8-15/h15-17,19,21H,2-14H2,1H3. The van der Waals surface area contributed by atoms with Gasteiger partial charge < -0.3 is 15.3 Å². The molecule has 2 aliphatic rings. The Kier molecular flexibility index (Phi) is 7.67. The Hall–Kier alpha value is -0.610. The number of likely N-dealkylation sites (tertiary alicyclic amines) is 1. The molecule has 2 unspecified atom stereocenters. The second kappa shape index (κ2) is 9.51. The van der Waals surface area contributed by atoms with E-state index in [-0.39, 0.29) is 12.5 Å². The van der Waals surface area contributed by atoms with Gasteiger partial charge in [-0.2, -0.15) is 0 Å². The number of carbonyl (C=O) groups is 1. The number of carbonyl (C=O) groups excluding carboxylic acids is 1. The average Bonchev–Trinajstić information content (AvgIpc) is 2.58. The normalized spacial score (nSPS) is 27.1. The number of amides is 1. The maximum Gasteiger partial charge on any atom is 0.222 e. The molecule has 1 heterocycles. The van der Waals surface area contributed by atoms with Gasteiger partial charge in [0.1, 0.15) is 0 Å². The van der Waals surface area contributed by atoms with Crippen molar-refractivity contribution in [3.05, 3.63) is 0 Å². The highest BCUT2D eigenvalue weighted by molar-refractivity contribution is 5.76. The highest BCUT2D eigenvalue weighted by Gasteiger charge is 2.29. The van der Waals surface area contributed by atoms with Gasteiger partial charge in [0.15, 0.2) is 0 Å². The van der Waals surface area contributed by atoms with Gasteiger partial charge in [-0.25, -0.2) is 0 Å². The van der Waals surface area contributed by atoms with Gasteiger partial charge in [-0.3, -0.25) is 4.79 Å². The van der Waals surface area contributed by atoms with E-state index in [0.717, 1.165) is 44.8 Å². The van der Waals surface area contributed by atoms with E-state index in [1.54, 1.807) is 0 Å². The molecule has 0 bridgehead atoms. The molecule has 2 N–H and O–H groups in total. The SMILES string of the molecule is CCC(=O)N1CC(CCCO)CC(NCC2CCCCC2)C1. The van der Waals surface area contributed by atoms with E-state index in [9.17, 15) is 4.79 Å². The first kappa shape index (κ1) is 17.7. The summed E-state index contributed by atoms with van der Waals surface area (Å²) in [5.74, 6) is 1.65. The Morgan fingerprint density at radius 3 is 2.64 bits per heavy atom. The molecule has 0 aromatic heterocycles. The number of aliphatic hydroxyl groups is 1. The quantitative estimate of drug-likeness (QED) is 0.760. The lowest BCUT2D eigenvalue weighted by Gasteiger charge is -2.39. The highest BCUT2D eigenvalue weighted by atomic mass is 16.2. The molecule has 4 heteroatoms. The summed E-state index contributed by atoms with van der Waals surface area (Å²) in [6, 6.07) is 0.440. The molecular formula is C18H34N2O2. The third kappa shape index (κ3) is 5.54. The molecule has 2 rings (SSSR count). The molecule has 1 saturated heterocycles. The lowest BCUT2D eigenvalue weighted by Crippen LogP contribution is -2.52. The van der Waals surface area contributed by atoms with E-state index in [0.29, 0.717) is 18.4 Å². The predicted molar refractivity (Wildman–Crippen MR) is 89.7 cm³/mol. The third-order valence-corrected chi connectivity index (χ3v) is 5.38. The minimum absolute atomic E-state index is 0.262. The van der Waals surface area contributed by atoms with Crippen LogP contribution >= 0.6 is 0 Å². The molecule has 0 aromatic rings. The van der Waals surface area contributed by atoms with Crippen LogP contribution in [0.4, 0.5) is 0 Å². The highest BCUT2D eigenvalue weighted by Crippen LogP contribution is 2.25. The number of hydrogen-bond donors (Lipinski definition) is 2. The van der Waals surface area contributed by atoms with Crippen LogP contribution in [0.25, 0.3) is 0 Å². The zero-order chi connectivity index (χ0) is 15.8. The van der Waals surface area contributed by atoms with Gasteiger partial charge >= 0.3 is 0 Å². The van der Waals surface area contributed by atoms with Crippen LogP contribution in [-0.4, -0.2) is 48.2 Å². The predicted octanol–water partition coefficient (Wildman–Crippen LogP) is 2.56. The van der Waals surface area contributed by atoms with Crippen LogP contribution in [0, 0.1) is 11.8 Å². The molecule has 128 valence electrons. The average molecular weight is 310 g/mol. The largest absolute Gasteiger partial charge is 0.396 e. The summed E-state index contributed by atoms with van der Waals surface area (Å²) in [5, 5.41) is 12.8. The van der Waals surface area contributed by atoms with Crippen molar-refractivity contribution in [2.75, 3.05) is 26.2 Å². The first-order chi connectivity index (χ1) is 10.7. The molecule has 0 radical (unpaired) electrons. The van der Waals surface area contributed by atoms with Crippen molar-refractivity contribution >= 4 is 5.91 Å². The number of nitrogens with zero attached hydrogens (tertiary/aromatic N) is 1. The number of piperidine rings is 1. The fourth-order valence-corrected chi connectivity index (χ4v) is 4.09. The Bertz CT molecular complexity index is 329. The maximum atomic E-state index is 12.1. The molecule has 4 nitrogen and oxygen atoms in total. The van der Waals surface area contributed by atoms with Gasteiger partial charge in [0.2, 0.25) is 5.91 Å². The van der Waals surface area contributed by atoms with Crippen LogP contribution in [-0.2, 0) is 4.79 Å². The lowest BCUT2D eigenvalue weighted by atomic mass is 9.87. The summed E-state index contributed by atoms with van der Waals surface area (Å²) < 4.78 is 0. The Morgan fingerprint density at radius 2 is 1.95 bits per heavy atom. The molecule has 1 aliphatic heterocycles. The van der Waals surface area contributed by atoms with Gasteiger partial charge in [-0.05, 0) is 50.5 Å². The Balaban J connectivity index is 1.82. The van der Waals surface area contributed by atoms with Crippen LogP contribution in [0.5, 0.6) is 0 Å². The molecule has 0 aromatic carbocycles. The molecular weight excluding hydrogens is 276 g/mol. The van der Waals surface area contributed by atoms with Crippen LogP contribution < -0.4 is 5.32 Å². The van der Waals surface area contributed by atoms with E-state index in [4.69, 9.17) is 5.11 Å². The van der Waals surface area contributed by atoms with E-state index >= 15 is 0 Å². The summed E-state index contributed by atoms with van der Waals surface area (Å²) in [5.41, 5.74) is 0. The summed E-state index contributed by atoms with van der Waals surface area (Å²) in [6.07, 6.45) is 10.5. The van der Waals surface area contributed by atoms with Gasteiger partial charge in [-0.1, -0.05) is 26.2 Å². The Labute approximate surface area is 135 Å². The first-order valence-electron chi connectivity index (χ1n) is 9.35. The molecule has 22 heavy (non-hydrogen) atoms. The summed E-state index contributed by atoms with van der Waals surface area (Å²) in [7, 11) is 0. The first-order valence-corrected chi connectivity index (χ1v) is 9.35. The Morgan fingerprint density at radius 1 is 1.18 bits per heavy atom. The minimum Gasteiger partial charge on any atom is -0.396 e. The zero-order valence-corrected chi connectivity index (χ0v) is 14.2. The maximum absolute atomic E-state index is 12.1. The van der Waals surface area contributed by atoms with Crippen molar-refractivity contribution in [2.45, 2.75) is 70.8 Å². The minimum atomic E-state index is 0.262. The monoisotopic (exact) mass is 310 g/mol. The lowest BCUT2D eigenvalue weighted by molar-refractivity contribution is -0.133. The van der Waals surface area contributed by atoms with Crippen LogP contribution in [0.3, 0.4) is 0 Å². The van der Waals surface area contributed by atoms with Crippen molar-refractivity contribution in [3.63, 3.8) is 0 Å². The van der Waals surface area contributed by atoms with E-state index in [1.807, 2.05) is 11.8 Å². The summed E-state index contributed by atoms with van der Waals surface area (Å²) in [6.45, 7) is 5.08.